The first-order valence-electron chi connectivity index (χ1n) is 5.63. The van der Waals surface area contributed by atoms with Gasteiger partial charge in [0.1, 0.15) is 0 Å². The van der Waals surface area contributed by atoms with E-state index in [0.717, 1.165) is 25.9 Å². The van der Waals surface area contributed by atoms with Gasteiger partial charge in [-0.25, -0.2) is 9.59 Å². The van der Waals surface area contributed by atoms with E-state index in [1.165, 1.54) is 7.11 Å². The number of carbonyl (C=O) groups excluding carboxylic acids is 1. The zero-order valence-corrected chi connectivity index (χ0v) is 9.86. The summed E-state index contributed by atoms with van der Waals surface area (Å²) in [5.41, 5.74) is 0. The molecular weight excluding hydrogens is 226 g/mol. The molecule has 4 N–H and O–H groups in total. The van der Waals surface area contributed by atoms with Gasteiger partial charge >= 0.3 is 12.0 Å². The Balaban J connectivity index is 2.33. The zero-order valence-electron chi connectivity index (χ0n) is 9.86. The molecule has 2 amide bonds. The summed E-state index contributed by atoms with van der Waals surface area (Å²) in [5.74, 6) is -1.10. The summed E-state index contributed by atoms with van der Waals surface area (Å²) in [6.07, 6.45) is 1.71. The van der Waals surface area contributed by atoms with E-state index >= 15 is 0 Å². The lowest BCUT2D eigenvalue weighted by Crippen LogP contribution is -2.52. The van der Waals surface area contributed by atoms with E-state index in [1.54, 1.807) is 0 Å². The summed E-state index contributed by atoms with van der Waals surface area (Å²) < 4.78 is 4.72. The fourth-order valence-corrected chi connectivity index (χ4v) is 1.69. The molecule has 7 heteroatoms. The molecule has 0 bridgehead atoms. The first-order chi connectivity index (χ1) is 8.13. The number of methoxy groups -OCH3 is 1. The van der Waals surface area contributed by atoms with Gasteiger partial charge in [-0.3, -0.25) is 0 Å². The number of ether oxygens (including phenoxy) is 1. The molecular formula is C10H19N3O4. The van der Waals surface area contributed by atoms with Gasteiger partial charge in [-0.05, 0) is 25.9 Å². The first kappa shape index (κ1) is 13.7. The molecule has 1 aliphatic heterocycles. The van der Waals surface area contributed by atoms with Gasteiger partial charge in [0.05, 0.1) is 6.61 Å². The normalized spacial score (nSPS) is 18.4. The van der Waals surface area contributed by atoms with Crippen molar-refractivity contribution in [3.8, 4) is 0 Å². The lowest BCUT2D eigenvalue weighted by Gasteiger charge is -2.24. The average Bonchev–Trinajstić information content (AvgIpc) is 2.29. The van der Waals surface area contributed by atoms with E-state index in [2.05, 4.69) is 16.0 Å². The van der Waals surface area contributed by atoms with Crippen LogP contribution in [0.3, 0.4) is 0 Å². The average molecular weight is 245 g/mol. The van der Waals surface area contributed by atoms with Crippen LogP contribution in [0, 0.1) is 0 Å². The molecule has 1 rings (SSSR count). The number of hydrogen-bond donors (Lipinski definition) is 4. The number of rotatable bonds is 5. The molecule has 1 atom stereocenters. The van der Waals surface area contributed by atoms with Crippen LogP contribution in [0.4, 0.5) is 4.79 Å². The number of amides is 2. The number of carboxylic acids is 1. The van der Waals surface area contributed by atoms with Crippen molar-refractivity contribution in [1.82, 2.24) is 16.0 Å². The summed E-state index contributed by atoms with van der Waals surface area (Å²) >= 11 is 0. The third-order valence-corrected chi connectivity index (χ3v) is 2.61. The first-order valence-corrected chi connectivity index (χ1v) is 5.63. The molecule has 1 unspecified atom stereocenters. The van der Waals surface area contributed by atoms with E-state index < -0.39 is 18.0 Å². The van der Waals surface area contributed by atoms with Crippen LogP contribution < -0.4 is 16.0 Å². The van der Waals surface area contributed by atoms with Crippen molar-refractivity contribution in [1.29, 1.82) is 0 Å². The van der Waals surface area contributed by atoms with Gasteiger partial charge in [0, 0.05) is 13.2 Å². The summed E-state index contributed by atoms with van der Waals surface area (Å²) in [6.45, 7) is 1.69. The standard InChI is InChI=1S/C10H19N3O4/c1-17-6-8(9(14)15)13-10(16)12-7-2-4-11-5-3-7/h7-8,11H,2-6H2,1H3,(H,14,15)(H2,12,13,16). The Bertz CT molecular complexity index is 266. The molecule has 0 aromatic heterocycles. The van der Waals surface area contributed by atoms with Crippen molar-refractivity contribution in [2.45, 2.75) is 24.9 Å². The van der Waals surface area contributed by atoms with Crippen molar-refractivity contribution >= 4 is 12.0 Å². The van der Waals surface area contributed by atoms with Gasteiger partial charge in [0.25, 0.3) is 0 Å². The minimum Gasteiger partial charge on any atom is -0.480 e. The van der Waals surface area contributed by atoms with Crippen LogP contribution >= 0.6 is 0 Å². The molecule has 0 spiro atoms. The zero-order chi connectivity index (χ0) is 12.7. The van der Waals surface area contributed by atoms with Crippen molar-refractivity contribution in [3.05, 3.63) is 0 Å². The third-order valence-electron chi connectivity index (χ3n) is 2.61. The van der Waals surface area contributed by atoms with Crippen LogP contribution in [0.5, 0.6) is 0 Å². The maximum atomic E-state index is 11.5. The lowest BCUT2D eigenvalue weighted by molar-refractivity contribution is -0.140. The number of nitrogens with one attached hydrogen (secondary N) is 3. The summed E-state index contributed by atoms with van der Waals surface area (Å²) in [5, 5.41) is 17.1. The number of hydrogen-bond acceptors (Lipinski definition) is 4. The van der Waals surface area contributed by atoms with Gasteiger partial charge in [0.15, 0.2) is 6.04 Å². The lowest BCUT2D eigenvalue weighted by atomic mass is 10.1. The Morgan fingerprint density at radius 1 is 1.47 bits per heavy atom. The molecule has 1 heterocycles. The fraction of sp³-hybridized carbons (Fsp3) is 0.800. The molecule has 0 saturated carbocycles. The maximum Gasteiger partial charge on any atom is 0.328 e. The van der Waals surface area contributed by atoms with Crippen LogP contribution in [-0.2, 0) is 9.53 Å². The highest BCUT2D eigenvalue weighted by molar-refractivity contribution is 5.82. The van der Waals surface area contributed by atoms with Crippen LogP contribution in [0.2, 0.25) is 0 Å². The van der Waals surface area contributed by atoms with E-state index in [9.17, 15) is 9.59 Å². The minimum atomic E-state index is -1.10. The van der Waals surface area contributed by atoms with Gasteiger partial charge in [-0.15, -0.1) is 0 Å². The number of carbonyl (C=O) groups is 2. The Labute approximate surface area is 99.9 Å². The molecule has 17 heavy (non-hydrogen) atoms. The molecule has 1 saturated heterocycles. The summed E-state index contributed by atoms with van der Waals surface area (Å²) in [6, 6.07) is -1.36. The SMILES string of the molecule is COCC(NC(=O)NC1CCNCC1)C(=O)O. The second-order valence-electron chi connectivity index (χ2n) is 3.99. The van der Waals surface area contributed by atoms with Crippen molar-refractivity contribution in [2.75, 3.05) is 26.8 Å². The van der Waals surface area contributed by atoms with E-state index in [4.69, 9.17) is 9.84 Å². The Morgan fingerprint density at radius 2 is 2.12 bits per heavy atom. The monoisotopic (exact) mass is 245 g/mol. The van der Waals surface area contributed by atoms with Gasteiger partial charge in [0.2, 0.25) is 0 Å². The number of carboxylic acid groups (broad SMARTS) is 1. The molecule has 0 aromatic carbocycles. The Hall–Kier alpha value is -1.34. The van der Waals surface area contributed by atoms with Crippen molar-refractivity contribution in [3.63, 3.8) is 0 Å². The highest BCUT2D eigenvalue weighted by Crippen LogP contribution is 2.01. The predicted molar refractivity (Wildman–Crippen MR) is 60.9 cm³/mol. The van der Waals surface area contributed by atoms with Crippen LogP contribution in [0.1, 0.15) is 12.8 Å². The highest BCUT2D eigenvalue weighted by Gasteiger charge is 2.21. The quantitative estimate of drug-likeness (QED) is 0.505. The van der Waals surface area contributed by atoms with Gasteiger partial charge in [-0.2, -0.15) is 0 Å². The third kappa shape index (κ3) is 5.01. The Morgan fingerprint density at radius 3 is 2.65 bits per heavy atom. The number of piperidine rings is 1. The van der Waals surface area contributed by atoms with E-state index in [0.29, 0.717) is 0 Å². The Kier molecular flexibility index (Phi) is 5.71. The summed E-state index contributed by atoms with van der Waals surface area (Å²) in [4.78, 5) is 22.3. The largest absolute Gasteiger partial charge is 0.480 e. The van der Waals surface area contributed by atoms with Crippen molar-refractivity contribution in [2.24, 2.45) is 0 Å². The molecule has 0 aromatic rings. The van der Waals surface area contributed by atoms with Gasteiger partial charge < -0.3 is 25.8 Å². The second-order valence-corrected chi connectivity index (χ2v) is 3.99. The highest BCUT2D eigenvalue weighted by atomic mass is 16.5. The molecule has 1 aliphatic rings. The van der Waals surface area contributed by atoms with Crippen molar-refractivity contribution < 1.29 is 19.4 Å². The summed E-state index contributed by atoms with van der Waals surface area (Å²) in [7, 11) is 1.39. The van der Waals surface area contributed by atoms with E-state index in [-0.39, 0.29) is 12.6 Å². The molecule has 7 nitrogen and oxygen atoms in total. The van der Waals surface area contributed by atoms with Crippen LogP contribution in [-0.4, -0.2) is 56.0 Å². The van der Waals surface area contributed by atoms with E-state index in [1.807, 2.05) is 0 Å². The van der Waals surface area contributed by atoms with Crippen LogP contribution in [0.25, 0.3) is 0 Å². The molecule has 0 radical (unpaired) electrons. The minimum absolute atomic E-state index is 0.0467. The van der Waals surface area contributed by atoms with Gasteiger partial charge in [-0.1, -0.05) is 0 Å². The molecule has 1 fully saturated rings. The maximum absolute atomic E-state index is 11.5. The fourth-order valence-electron chi connectivity index (χ4n) is 1.69. The predicted octanol–water partition coefficient (Wildman–Crippen LogP) is -0.863. The molecule has 0 aliphatic carbocycles. The van der Waals surface area contributed by atoms with Crippen LogP contribution in [0.15, 0.2) is 0 Å². The smallest absolute Gasteiger partial charge is 0.328 e. The number of aliphatic carboxylic acids is 1. The topological polar surface area (TPSA) is 99.7 Å². The molecule has 98 valence electrons. The second kappa shape index (κ2) is 7.08. The number of urea groups is 1.